The van der Waals surface area contributed by atoms with Crippen LogP contribution in [0.25, 0.3) is 0 Å². The Kier molecular flexibility index (Phi) is 4.68. The standard InChI is InChI=1S/C10H16N2O2S/c1-3-5-15-6-4-12-7-8(2)9(13)11-10(12)14/h3,8H,1,4-7H2,2H3,(H,11,13,14). The van der Waals surface area contributed by atoms with E-state index in [0.29, 0.717) is 13.1 Å². The monoisotopic (exact) mass is 228 g/mol. The Hall–Kier alpha value is -0.970. The summed E-state index contributed by atoms with van der Waals surface area (Å²) in [5, 5.41) is 2.34. The molecule has 1 aliphatic rings. The van der Waals surface area contributed by atoms with Crippen LogP contribution in [0.4, 0.5) is 4.79 Å². The summed E-state index contributed by atoms with van der Waals surface area (Å²) < 4.78 is 0. The maximum Gasteiger partial charge on any atom is 0.324 e. The van der Waals surface area contributed by atoms with Crippen LogP contribution in [-0.2, 0) is 4.79 Å². The van der Waals surface area contributed by atoms with E-state index in [-0.39, 0.29) is 17.9 Å². The Bertz CT molecular complexity index is 268. The van der Waals surface area contributed by atoms with E-state index in [0.717, 1.165) is 11.5 Å². The molecule has 0 radical (unpaired) electrons. The molecule has 3 amide bonds. The highest BCUT2D eigenvalue weighted by atomic mass is 32.2. The molecule has 0 aromatic heterocycles. The molecule has 0 spiro atoms. The first-order valence-electron chi connectivity index (χ1n) is 4.93. The highest BCUT2D eigenvalue weighted by Gasteiger charge is 2.28. The summed E-state index contributed by atoms with van der Waals surface area (Å²) in [6, 6.07) is -0.266. The average Bonchev–Trinajstić information content (AvgIpc) is 2.20. The van der Waals surface area contributed by atoms with Crippen molar-refractivity contribution in [2.75, 3.05) is 24.6 Å². The predicted octanol–water partition coefficient (Wildman–Crippen LogP) is 1.09. The zero-order valence-electron chi connectivity index (χ0n) is 8.86. The molecule has 0 bridgehead atoms. The summed E-state index contributed by atoms with van der Waals surface area (Å²) in [7, 11) is 0. The lowest BCUT2D eigenvalue weighted by molar-refractivity contribution is -0.125. The van der Waals surface area contributed by atoms with Crippen molar-refractivity contribution in [2.24, 2.45) is 5.92 Å². The van der Waals surface area contributed by atoms with E-state index in [1.54, 1.807) is 16.7 Å². The number of hydrogen-bond acceptors (Lipinski definition) is 3. The van der Waals surface area contributed by atoms with Gasteiger partial charge in [0, 0.05) is 24.6 Å². The van der Waals surface area contributed by atoms with Crippen LogP contribution in [0.5, 0.6) is 0 Å². The lowest BCUT2D eigenvalue weighted by Crippen LogP contribution is -2.54. The van der Waals surface area contributed by atoms with Crippen LogP contribution >= 0.6 is 11.8 Å². The van der Waals surface area contributed by atoms with Crippen molar-refractivity contribution in [3.8, 4) is 0 Å². The normalized spacial score (nSPS) is 21.4. The van der Waals surface area contributed by atoms with Gasteiger partial charge in [-0.05, 0) is 0 Å². The number of nitrogens with zero attached hydrogens (tertiary/aromatic N) is 1. The molecule has 4 nitrogen and oxygen atoms in total. The summed E-state index contributed by atoms with van der Waals surface area (Å²) in [5.41, 5.74) is 0. The van der Waals surface area contributed by atoms with Crippen LogP contribution < -0.4 is 5.32 Å². The first-order chi connectivity index (χ1) is 7.15. The Labute approximate surface area is 94.1 Å². The van der Waals surface area contributed by atoms with Gasteiger partial charge in [0.05, 0.1) is 5.92 Å². The van der Waals surface area contributed by atoms with Crippen LogP contribution in [0.3, 0.4) is 0 Å². The van der Waals surface area contributed by atoms with Crippen LogP contribution in [0.1, 0.15) is 6.92 Å². The number of carbonyl (C=O) groups is 2. The van der Waals surface area contributed by atoms with Gasteiger partial charge in [-0.2, -0.15) is 11.8 Å². The van der Waals surface area contributed by atoms with E-state index in [1.165, 1.54) is 0 Å². The van der Waals surface area contributed by atoms with Gasteiger partial charge in [-0.25, -0.2) is 4.79 Å². The summed E-state index contributed by atoms with van der Waals surface area (Å²) in [6.07, 6.45) is 1.84. The molecular formula is C10H16N2O2S. The highest BCUT2D eigenvalue weighted by Crippen LogP contribution is 2.09. The van der Waals surface area contributed by atoms with Crippen LogP contribution in [0.15, 0.2) is 12.7 Å². The molecule has 15 heavy (non-hydrogen) atoms. The number of carbonyl (C=O) groups excluding carboxylic acids is 2. The van der Waals surface area contributed by atoms with E-state index >= 15 is 0 Å². The van der Waals surface area contributed by atoms with Crippen molar-refractivity contribution in [3.63, 3.8) is 0 Å². The Morgan fingerprint density at radius 2 is 2.40 bits per heavy atom. The largest absolute Gasteiger partial charge is 0.324 e. The Morgan fingerprint density at radius 3 is 3.07 bits per heavy atom. The zero-order chi connectivity index (χ0) is 11.3. The molecule has 0 aliphatic carbocycles. The summed E-state index contributed by atoms with van der Waals surface area (Å²) >= 11 is 1.73. The first kappa shape index (κ1) is 12.1. The van der Waals surface area contributed by atoms with Crippen LogP contribution in [0, 0.1) is 5.92 Å². The lowest BCUT2D eigenvalue weighted by Gasteiger charge is -2.30. The minimum atomic E-state index is -0.266. The number of nitrogens with one attached hydrogen (secondary N) is 1. The van der Waals surface area contributed by atoms with E-state index in [9.17, 15) is 9.59 Å². The van der Waals surface area contributed by atoms with Crippen molar-refractivity contribution in [2.45, 2.75) is 6.92 Å². The number of thioether (sulfide) groups is 1. The molecule has 0 aromatic rings. The number of hydrogen-bond donors (Lipinski definition) is 1. The number of urea groups is 1. The fourth-order valence-electron chi connectivity index (χ4n) is 1.34. The van der Waals surface area contributed by atoms with Crippen molar-refractivity contribution < 1.29 is 9.59 Å². The third kappa shape index (κ3) is 3.58. The fraction of sp³-hybridized carbons (Fsp3) is 0.600. The Balaban J connectivity index is 2.31. The Morgan fingerprint density at radius 1 is 1.67 bits per heavy atom. The van der Waals surface area contributed by atoms with Gasteiger partial charge in [-0.1, -0.05) is 13.0 Å². The molecular weight excluding hydrogens is 212 g/mol. The molecule has 1 saturated heterocycles. The van der Waals surface area contributed by atoms with Crippen molar-refractivity contribution >= 4 is 23.7 Å². The molecule has 0 aromatic carbocycles. The molecule has 1 fully saturated rings. The molecule has 84 valence electrons. The molecule has 1 heterocycles. The maximum atomic E-state index is 11.4. The van der Waals surface area contributed by atoms with Gasteiger partial charge < -0.3 is 4.90 Å². The molecule has 1 rings (SSSR count). The smallest absolute Gasteiger partial charge is 0.323 e. The minimum Gasteiger partial charge on any atom is -0.323 e. The summed E-state index contributed by atoms with van der Waals surface area (Å²) in [4.78, 5) is 24.2. The quantitative estimate of drug-likeness (QED) is 0.566. The second kappa shape index (κ2) is 5.80. The molecule has 1 unspecified atom stereocenters. The second-order valence-electron chi connectivity index (χ2n) is 3.51. The van der Waals surface area contributed by atoms with Gasteiger partial charge in [-0.15, -0.1) is 6.58 Å². The van der Waals surface area contributed by atoms with Gasteiger partial charge in [0.25, 0.3) is 0 Å². The van der Waals surface area contributed by atoms with E-state index < -0.39 is 0 Å². The zero-order valence-corrected chi connectivity index (χ0v) is 9.68. The second-order valence-corrected chi connectivity index (χ2v) is 4.65. The van der Waals surface area contributed by atoms with Crippen molar-refractivity contribution in [1.29, 1.82) is 0 Å². The minimum absolute atomic E-state index is 0.105. The molecule has 0 saturated carbocycles. The van der Waals surface area contributed by atoms with Gasteiger partial charge >= 0.3 is 6.03 Å². The maximum absolute atomic E-state index is 11.4. The fourth-order valence-corrected chi connectivity index (χ4v) is 2.02. The number of imide groups is 1. The first-order valence-corrected chi connectivity index (χ1v) is 6.09. The summed E-state index contributed by atoms with van der Waals surface area (Å²) in [6.45, 7) is 6.66. The summed E-state index contributed by atoms with van der Waals surface area (Å²) in [5.74, 6) is 1.49. The molecule has 5 heteroatoms. The molecule has 1 atom stereocenters. The van der Waals surface area contributed by atoms with E-state index in [1.807, 2.05) is 13.0 Å². The molecule has 1 aliphatic heterocycles. The third-order valence-corrected chi connectivity index (χ3v) is 3.14. The average molecular weight is 228 g/mol. The van der Waals surface area contributed by atoms with E-state index in [2.05, 4.69) is 11.9 Å². The van der Waals surface area contributed by atoms with Crippen molar-refractivity contribution in [1.82, 2.24) is 10.2 Å². The van der Waals surface area contributed by atoms with Gasteiger partial charge in [0.15, 0.2) is 0 Å². The lowest BCUT2D eigenvalue weighted by atomic mass is 10.1. The SMILES string of the molecule is C=CCSCCN1CC(C)C(=O)NC1=O. The van der Waals surface area contributed by atoms with Crippen molar-refractivity contribution in [3.05, 3.63) is 12.7 Å². The number of rotatable bonds is 5. The predicted molar refractivity (Wildman–Crippen MR) is 61.8 cm³/mol. The van der Waals surface area contributed by atoms with E-state index in [4.69, 9.17) is 0 Å². The third-order valence-electron chi connectivity index (χ3n) is 2.20. The van der Waals surface area contributed by atoms with Gasteiger partial charge in [0.1, 0.15) is 0 Å². The number of amides is 3. The molecule has 1 N–H and O–H groups in total. The van der Waals surface area contributed by atoms with Crippen LogP contribution in [0.2, 0.25) is 0 Å². The van der Waals surface area contributed by atoms with Crippen LogP contribution in [-0.4, -0.2) is 41.4 Å². The van der Waals surface area contributed by atoms with Gasteiger partial charge in [-0.3, -0.25) is 10.1 Å². The van der Waals surface area contributed by atoms with Gasteiger partial charge in [0.2, 0.25) is 5.91 Å². The topological polar surface area (TPSA) is 49.4 Å². The highest BCUT2D eigenvalue weighted by molar-refractivity contribution is 7.99.